The normalized spacial score (nSPS) is 11.4. The zero-order valence-corrected chi connectivity index (χ0v) is 17.7. The van der Waals surface area contributed by atoms with Gasteiger partial charge in [-0.1, -0.05) is 0 Å². The summed E-state index contributed by atoms with van der Waals surface area (Å²) in [5, 5.41) is 17.5. The number of nitrogens with one attached hydrogen (secondary N) is 2. The predicted molar refractivity (Wildman–Crippen MR) is 114 cm³/mol. The minimum absolute atomic E-state index is 0.148. The fraction of sp³-hybridized carbons (Fsp3) is 0.211. The highest BCUT2D eigenvalue weighted by Crippen LogP contribution is 2.31. The van der Waals surface area contributed by atoms with Crippen LogP contribution >= 0.6 is 11.3 Å². The number of carbonyl (C=O) groups is 1. The lowest BCUT2D eigenvalue weighted by Crippen LogP contribution is -2.28. The summed E-state index contributed by atoms with van der Waals surface area (Å²) in [5.41, 5.74) is 0.466. The highest BCUT2D eigenvalue weighted by molar-refractivity contribution is 7.90. The number of nitro benzene ring substituents is 1. The molecule has 3 aromatic rings. The third kappa shape index (κ3) is 4.57. The first-order chi connectivity index (χ1) is 14.1. The molecule has 30 heavy (non-hydrogen) atoms. The fourth-order valence-electron chi connectivity index (χ4n) is 2.91. The van der Waals surface area contributed by atoms with Crippen molar-refractivity contribution in [1.82, 2.24) is 5.32 Å². The summed E-state index contributed by atoms with van der Waals surface area (Å²) in [6, 6.07) is 7.95. The summed E-state index contributed by atoms with van der Waals surface area (Å²) in [4.78, 5) is 23.4. The first kappa shape index (κ1) is 21.7. The van der Waals surface area contributed by atoms with Crippen molar-refractivity contribution in [3.8, 4) is 0 Å². The molecule has 0 bridgehead atoms. The van der Waals surface area contributed by atoms with Gasteiger partial charge in [-0.25, -0.2) is 12.8 Å². The average molecular weight is 452 g/mol. The fourth-order valence-corrected chi connectivity index (χ4v) is 4.65. The summed E-state index contributed by atoms with van der Waals surface area (Å²) < 4.78 is 37.4. The second-order valence-corrected chi connectivity index (χ2v) is 9.66. The van der Waals surface area contributed by atoms with Crippen LogP contribution in [0.25, 0.3) is 10.1 Å². The molecule has 8 nitrogen and oxygen atoms in total. The van der Waals surface area contributed by atoms with Gasteiger partial charge in [-0.05, 0) is 48.2 Å². The van der Waals surface area contributed by atoms with E-state index in [0.29, 0.717) is 15.8 Å². The lowest BCUT2D eigenvalue weighted by Gasteiger charge is -2.09. The summed E-state index contributed by atoms with van der Waals surface area (Å²) in [5.74, 6) is -0.694. The van der Waals surface area contributed by atoms with Gasteiger partial charge in [-0.3, -0.25) is 14.9 Å². The van der Waals surface area contributed by atoms with Crippen molar-refractivity contribution in [1.29, 1.82) is 0 Å². The molecule has 2 aromatic carbocycles. The number of rotatable bonds is 7. The van der Waals surface area contributed by atoms with E-state index in [0.717, 1.165) is 17.0 Å². The number of aryl methyl sites for hydroxylation is 1. The minimum atomic E-state index is -3.57. The Morgan fingerprint density at radius 3 is 2.60 bits per heavy atom. The number of anilines is 1. The van der Waals surface area contributed by atoms with E-state index in [-0.39, 0.29) is 41.1 Å². The van der Waals surface area contributed by atoms with Gasteiger partial charge in [-0.15, -0.1) is 11.3 Å². The summed E-state index contributed by atoms with van der Waals surface area (Å²) in [6.07, 6.45) is 0.971. The number of carbonyl (C=O) groups excluding carboxylic acids is 1. The maximum atomic E-state index is 13.4. The summed E-state index contributed by atoms with van der Waals surface area (Å²) in [7, 11) is -3.57. The molecule has 0 saturated heterocycles. The molecule has 0 aliphatic heterocycles. The number of nitro groups is 1. The Balaban J connectivity index is 1.66. The van der Waals surface area contributed by atoms with Gasteiger partial charge in [-0.2, -0.15) is 0 Å². The van der Waals surface area contributed by atoms with Crippen LogP contribution in [0.15, 0.2) is 41.3 Å². The van der Waals surface area contributed by atoms with Gasteiger partial charge >= 0.3 is 0 Å². The Kier molecular flexibility index (Phi) is 6.04. The summed E-state index contributed by atoms with van der Waals surface area (Å²) in [6.45, 7) is 2.10. The second kappa shape index (κ2) is 8.36. The van der Waals surface area contributed by atoms with Crippen molar-refractivity contribution in [2.24, 2.45) is 0 Å². The van der Waals surface area contributed by atoms with Crippen molar-refractivity contribution in [2.45, 2.75) is 11.8 Å². The van der Waals surface area contributed by atoms with Crippen molar-refractivity contribution < 1.29 is 22.5 Å². The zero-order valence-electron chi connectivity index (χ0n) is 16.1. The quantitative estimate of drug-likeness (QED) is 0.322. The molecule has 0 spiro atoms. The molecule has 1 amide bonds. The molecule has 1 aromatic heterocycles. The smallest absolute Gasteiger partial charge is 0.293 e. The number of thiophene rings is 1. The number of fused-ring (bicyclic) bond motifs is 1. The first-order valence-corrected chi connectivity index (χ1v) is 11.5. The Labute approximate surface area is 175 Å². The van der Waals surface area contributed by atoms with Gasteiger partial charge in [0.1, 0.15) is 11.5 Å². The second-order valence-electron chi connectivity index (χ2n) is 6.59. The van der Waals surface area contributed by atoms with Crippen molar-refractivity contribution in [3.05, 3.63) is 62.8 Å². The summed E-state index contributed by atoms with van der Waals surface area (Å²) >= 11 is 1.26. The standard InChI is InChI=1S/C19H18FN3O5S2/c1-11-14-9-12(20)3-6-17(14)29-18(11)19(24)22-8-7-21-15-5-4-13(30(2,27)28)10-16(15)23(25)26/h3-6,9-10,21H,7-8H2,1-2H3,(H,22,24). The van der Waals surface area contributed by atoms with E-state index in [1.807, 2.05) is 0 Å². The Hall–Kier alpha value is -3.05. The van der Waals surface area contributed by atoms with Crippen molar-refractivity contribution >= 4 is 48.5 Å². The van der Waals surface area contributed by atoms with Gasteiger partial charge in [0.2, 0.25) is 0 Å². The molecule has 0 aliphatic carbocycles. The molecule has 0 unspecified atom stereocenters. The van der Waals surface area contributed by atoms with E-state index >= 15 is 0 Å². The highest BCUT2D eigenvalue weighted by Gasteiger charge is 2.19. The zero-order chi connectivity index (χ0) is 22.1. The van der Waals surface area contributed by atoms with Crippen molar-refractivity contribution in [2.75, 3.05) is 24.7 Å². The number of halogens is 1. The maximum absolute atomic E-state index is 13.4. The molecule has 0 radical (unpaired) electrons. The predicted octanol–water partition coefficient (Wildman–Crippen LogP) is 3.50. The number of amides is 1. The molecule has 0 atom stereocenters. The minimum Gasteiger partial charge on any atom is -0.378 e. The molecule has 0 fully saturated rings. The molecule has 11 heteroatoms. The van der Waals surface area contributed by atoms with E-state index in [1.54, 1.807) is 13.0 Å². The van der Waals surface area contributed by atoms with E-state index in [9.17, 15) is 27.7 Å². The average Bonchev–Trinajstić information content (AvgIpc) is 3.00. The lowest BCUT2D eigenvalue weighted by atomic mass is 10.1. The van der Waals surface area contributed by atoms with Crippen LogP contribution in [0.4, 0.5) is 15.8 Å². The van der Waals surface area contributed by atoms with Gasteiger partial charge in [0.15, 0.2) is 9.84 Å². The van der Waals surface area contributed by atoms with Gasteiger partial charge in [0, 0.05) is 30.1 Å². The van der Waals surface area contributed by atoms with E-state index < -0.39 is 14.8 Å². The molecule has 2 N–H and O–H groups in total. The molecule has 0 saturated carbocycles. The number of hydrogen-bond donors (Lipinski definition) is 2. The van der Waals surface area contributed by atoms with Gasteiger partial charge in [0.25, 0.3) is 11.6 Å². The van der Waals surface area contributed by atoms with Crippen LogP contribution in [0.2, 0.25) is 0 Å². The van der Waals surface area contributed by atoms with E-state index in [1.165, 1.54) is 35.6 Å². The number of sulfone groups is 1. The van der Waals surface area contributed by atoms with Crippen LogP contribution < -0.4 is 10.6 Å². The number of nitrogens with zero attached hydrogens (tertiary/aromatic N) is 1. The largest absolute Gasteiger partial charge is 0.378 e. The van der Waals surface area contributed by atoms with Gasteiger partial charge in [0.05, 0.1) is 14.7 Å². The topological polar surface area (TPSA) is 118 Å². The highest BCUT2D eigenvalue weighted by atomic mass is 32.2. The SMILES string of the molecule is Cc1c(C(=O)NCCNc2ccc(S(C)(=O)=O)cc2[N+](=O)[O-])sc2ccc(F)cc12. The van der Waals surface area contributed by atoms with Crippen LogP contribution in [0, 0.1) is 22.9 Å². The van der Waals surface area contributed by atoms with Crippen LogP contribution in [-0.2, 0) is 9.84 Å². The van der Waals surface area contributed by atoms with E-state index in [4.69, 9.17) is 0 Å². The van der Waals surface area contributed by atoms with Crippen LogP contribution in [-0.4, -0.2) is 38.6 Å². The third-order valence-electron chi connectivity index (χ3n) is 4.42. The number of benzene rings is 2. The molecule has 3 rings (SSSR count). The van der Waals surface area contributed by atoms with Crippen LogP contribution in [0.1, 0.15) is 15.2 Å². The Morgan fingerprint density at radius 1 is 1.20 bits per heavy atom. The maximum Gasteiger partial charge on any atom is 0.293 e. The molecular weight excluding hydrogens is 433 g/mol. The third-order valence-corrected chi connectivity index (χ3v) is 6.81. The molecule has 158 valence electrons. The number of hydrogen-bond acceptors (Lipinski definition) is 7. The Bertz CT molecular complexity index is 1250. The molecule has 1 heterocycles. The molecule has 0 aliphatic rings. The van der Waals surface area contributed by atoms with Gasteiger partial charge < -0.3 is 10.6 Å². The van der Waals surface area contributed by atoms with Crippen molar-refractivity contribution in [3.63, 3.8) is 0 Å². The van der Waals surface area contributed by atoms with Crippen LogP contribution in [0.3, 0.4) is 0 Å². The Morgan fingerprint density at radius 2 is 1.93 bits per heavy atom. The monoisotopic (exact) mass is 451 g/mol. The van der Waals surface area contributed by atoms with E-state index in [2.05, 4.69) is 10.6 Å². The van der Waals surface area contributed by atoms with Crippen LogP contribution in [0.5, 0.6) is 0 Å². The molecular formula is C19H18FN3O5S2. The first-order valence-electron chi connectivity index (χ1n) is 8.77. The lowest BCUT2D eigenvalue weighted by molar-refractivity contribution is -0.384.